The molecule has 1 fully saturated rings. The van der Waals surface area contributed by atoms with Crippen LogP contribution >= 0.6 is 12.4 Å². The van der Waals surface area contributed by atoms with Crippen LogP contribution in [0.15, 0.2) is 29.2 Å². The van der Waals surface area contributed by atoms with E-state index in [0.717, 1.165) is 6.42 Å². The van der Waals surface area contributed by atoms with Crippen molar-refractivity contribution in [3.63, 3.8) is 0 Å². The average Bonchev–Trinajstić information content (AvgIpc) is 2.89. The first-order valence-corrected chi connectivity index (χ1v) is 9.27. The number of benzene rings is 1. The Balaban J connectivity index is 0.00000288. The molecule has 0 radical (unpaired) electrons. The first-order valence-electron chi connectivity index (χ1n) is 7.79. The first kappa shape index (κ1) is 20.9. The summed E-state index contributed by atoms with van der Waals surface area (Å²) < 4.78 is 26.7. The Labute approximate surface area is 150 Å². The minimum atomic E-state index is -3.53. The molecule has 1 aromatic rings. The Hall–Kier alpha value is -1.15. The summed E-state index contributed by atoms with van der Waals surface area (Å²) in [5.41, 5.74) is 6.23. The summed E-state index contributed by atoms with van der Waals surface area (Å²) in [5, 5.41) is 0. The summed E-state index contributed by atoms with van der Waals surface area (Å²) >= 11 is 0. The van der Waals surface area contributed by atoms with Gasteiger partial charge in [-0.05, 0) is 56.5 Å². The predicted molar refractivity (Wildman–Crippen MR) is 96.8 cm³/mol. The van der Waals surface area contributed by atoms with Gasteiger partial charge in [0.1, 0.15) is 0 Å². The molecule has 1 heterocycles. The molecule has 1 aliphatic heterocycles. The van der Waals surface area contributed by atoms with Gasteiger partial charge >= 0.3 is 0 Å². The van der Waals surface area contributed by atoms with Gasteiger partial charge < -0.3 is 10.6 Å². The van der Waals surface area contributed by atoms with Gasteiger partial charge in [-0.2, -0.15) is 0 Å². The van der Waals surface area contributed by atoms with Crippen molar-refractivity contribution < 1.29 is 13.2 Å². The molecule has 1 saturated heterocycles. The normalized spacial score (nSPS) is 21.0. The molecule has 1 aliphatic rings. The maximum atomic E-state index is 12.5. The summed E-state index contributed by atoms with van der Waals surface area (Å²) in [6.45, 7) is 7.47. The van der Waals surface area contributed by atoms with E-state index in [1.54, 1.807) is 30.9 Å². The third-order valence-corrected chi connectivity index (χ3v) is 5.81. The highest BCUT2D eigenvalue weighted by atomic mass is 35.5. The van der Waals surface area contributed by atoms with E-state index in [0.29, 0.717) is 25.2 Å². The van der Waals surface area contributed by atoms with E-state index in [-0.39, 0.29) is 34.7 Å². The second-order valence-corrected chi connectivity index (χ2v) is 8.51. The molecule has 2 rings (SSSR count). The van der Waals surface area contributed by atoms with Crippen molar-refractivity contribution in [2.75, 3.05) is 19.6 Å². The molecular weight excluding hydrogens is 350 g/mol. The van der Waals surface area contributed by atoms with Gasteiger partial charge in [0.2, 0.25) is 10.0 Å². The fourth-order valence-electron chi connectivity index (χ4n) is 2.70. The van der Waals surface area contributed by atoms with Gasteiger partial charge in [0.05, 0.1) is 4.90 Å². The van der Waals surface area contributed by atoms with E-state index in [4.69, 9.17) is 5.73 Å². The van der Waals surface area contributed by atoms with Crippen molar-refractivity contribution in [1.82, 2.24) is 9.62 Å². The quantitative estimate of drug-likeness (QED) is 0.817. The largest absolute Gasteiger partial charge is 0.338 e. The summed E-state index contributed by atoms with van der Waals surface area (Å²) in [5.74, 6) is -0.0806. The third kappa shape index (κ3) is 4.69. The van der Waals surface area contributed by atoms with Crippen LogP contribution < -0.4 is 10.5 Å². The van der Waals surface area contributed by atoms with E-state index in [1.807, 2.05) is 0 Å². The molecule has 1 unspecified atom stereocenters. The van der Waals surface area contributed by atoms with Crippen molar-refractivity contribution >= 4 is 28.3 Å². The summed E-state index contributed by atoms with van der Waals surface area (Å²) in [7, 11) is -3.53. The highest BCUT2D eigenvalue weighted by Crippen LogP contribution is 2.29. The van der Waals surface area contributed by atoms with Crippen molar-refractivity contribution in [1.29, 1.82) is 0 Å². The maximum absolute atomic E-state index is 12.5. The lowest BCUT2D eigenvalue weighted by atomic mass is 9.90. The van der Waals surface area contributed by atoms with Crippen LogP contribution in [-0.2, 0) is 10.0 Å². The molecule has 0 spiro atoms. The molecule has 24 heavy (non-hydrogen) atoms. The standard InChI is InChI=1S/C16H25N3O3S.ClH/c1-12(2)18-23(21,22)14-6-4-13(5-7-14)15(20)19-9-8-16(3,10-17)11-19;/h4-7,12,18H,8-11,17H2,1-3H3;1H. The number of rotatable bonds is 5. The van der Waals surface area contributed by atoms with Gasteiger partial charge in [0.25, 0.3) is 5.91 Å². The Bertz CT molecular complexity index is 676. The van der Waals surface area contributed by atoms with Crippen molar-refractivity contribution in [2.24, 2.45) is 11.1 Å². The lowest BCUT2D eigenvalue weighted by molar-refractivity contribution is 0.0777. The molecule has 1 amide bonds. The second kappa shape index (κ2) is 7.82. The SMILES string of the molecule is CC(C)NS(=O)(=O)c1ccc(C(=O)N2CCC(C)(CN)C2)cc1.Cl. The van der Waals surface area contributed by atoms with Gasteiger partial charge in [-0.25, -0.2) is 13.1 Å². The van der Waals surface area contributed by atoms with Gasteiger partial charge in [0, 0.05) is 24.7 Å². The van der Waals surface area contributed by atoms with Crippen LogP contribution in [0.2, 0.25) is 0 Å². The fraction of sp³-hybridized carbons (Fsp3) is 0.562. The molecule has 1 atom stereocenters. The number of carbonyl (C=O) groups is 1. The fourth-order valence-corrected chi connectivity index (χ4v) is 3.95. The van der Waals surface area contributed by atoms with Crippen LogP contribution in [0, 0.1) is 5.41 Å². The molecule has 6 nitrogen and oxygen atoms in total. The highest BCUT2D eigenvalue weighted by molar-refractivity contribution is 7.89. The molecule has 3 N–H and O–H groups in total. The molecule has 0 aliphatic carbocycles. The zero-order valence-corrected chi connectivity index (χ0v) is 15.9. The third-order valence-electron chi connectivity index (χ3n) is 4.14. The molecule has 0 bridgehead atoms. The van der Waals surface area contributed by atoms with Crippen LogP contribution in [0.25, 0.3) is 0 Å². The summed E-state index contributed by atoms with van der Waals surface area (Å²) in [4.78, 5) is 14.5. The van der Waals surface area contributed by atoms with Crippen LogP contribution in [0.3, 0.4) is 0 Å². The topological polar surface area (TPSA) is 92.5 Å². The zero-order valence-electron chi connectivity index (χ0n) is 14.3. The molecule has 8 heteroatoms. The number of amides is 1. The highest BCUT2D eigenvalue weighted by Gasteiger charge is 2.35. The Morgan fingerprint density at radius 2 is 1.92 bits per heavy atom. The Kier molecular flexibility index (Phi) is 6.81. The number of likely N-dealkylation sites (tertiary alicyclic amines) is 1. The zero-order chi connectivity index (χ0) is 17.3. The van der Waals surface area contributed by atoms with Gasteiger partial charge in [-0.15, -0.1) is 12.4 Å². The smallest absolute Gasteiger partial charge is 0.253 e. The average molecular weight is 376 g/mol. The molecule has 0 aromatic heterocycles. The maximum Gasteiger partial charge on any atom is 0.253 e. The van der Waals surface area contributed by atoms with E-state index in [9.17, 15) is 13.2 Å². The molecule has 0 saturated carbocycles. The predicted octanol–water partition coefficient (Wildman–Crippen LogP) is 1.61. The lowest BCUT2D eigenvalue weighted by Crippen LogP contribution is -2.34. The number of halogens is 1. The van der Waals surface area contributed by atoms with Crippen LogP contribution in [0.5, 0.6) is 0 Å². The van der Waals surface area contributed by atoms with Crippen LogP contribution in [0.4, 0.5) is 0 Å². The number of hydrogen-bond acceptors (Lipinski definition) is 4. The molecule has 136 valence electrons. The van der Waals surface area contributed by atoms with E-state index >= 15 is 0 Å². The first-order chi connectivity index (χ1) is 10.7. The Morgan fingerprint density at radius 3 is 2.38 bits per heavy atom. The van der Waals surface area contributed by atoms with Crippen LogP contribution in [-0.4, -0.2) is 44.9 Å². The number of carbonyl (C=O) groups excluding carboxylic acids is 1. The van der Waals surface area contributed by atoms with Gasteiger partial charge in [0.15, 0.2) is 0 Å². The Morgan fingerprint density at radius 1 is 1.33 bits per heavy atom. The lowest BCUT2D eigenvalue weighted by Gasteiger charge is -2.22. The number of nitrogens with one attached hydrogen (secondary N) is 1. The summed E-state index contributed by atoms with van der Waals surface area (Å²) in [6, 6.07) is 5.89. The number of sulfonamides is 1. The number of hydrogen-bond donors (Lipinski definition) is 2. The van der Waals surface area contributed by atoms with E-state index in [1.165, 1.54) is 12.1 Å². The molecule has 1 aromatic carbocycles. The monoisotopic (exact) mass is 375 g/mol. The van der Waals surface area contributed by atoms with Gasteiger partial charge in [-0.3, -0.25) is 4.79 Å². The van der Waals surface area contributed by atoms with E-state index in [2.05, 4.69) is 11.6 Å². The number of nitrogens with two attached hydrogens (primary N) is 1. The summed E-state index contributed by atoms with van der Waals surface area (Å²) in [6.07, 6.45) is 0.889. The minimum Gasteiger partial charge on any atom is -0.338 e. The van der Waals surface area contributed by atoms with Crippen LogP contribution in [0.1, 0.15) is 37.6 Å². The van der Waals surface area contributed by atoms with Gasteiger partial charge in [-0.1, -0.05) is 6.92 Å². The van der Waals surface area contributed by atoms with Crippen molar-refractivity contribution in [2.45, 2.75) is 38.1 Å². The number of nitrogens with zero attached hydrogens (tertiary/aromatic N) is 1. The van der Waals surface area contributed by atoms with Crippen molar-refractivity contribution in [3.05, 3.63) is 29.8 Å². The second-order valence-electron chi connectivity index (χ2n) is 6.79. The molecular formula is C16H26ClN3O3S. The van der Waals surface area contributed by atoms with Crippen molar-refractivity contribution in [3.8, 4) is 0 Å². The minimum absolute atomic E-state index is 0. The van der Waals surface area contributed by atoms with E-state index < -0.39 is 10.0 Å².